The molecule has 2 amide bonds. The van der Waals surface area contributed by atoms with Crippen LogP contribution in [0.4, 0.5) is 10.5 Å². The molecule has 5 nitrogen and oxygen atoms in total. The molecule has 0 saturated carbocycles. The fourth-order valence-electron chi connectivity index (χ4n) is 3.16. The van der Waals surface area contributed by atoms with E-state index in [1.54, 1.807) is 0 Å². The second-order valence-electron chi connectivity index (χ2n) is 6.75. The maximum Gasteiger partial charge on any atom is 0.321 e. The quantitative estimate of drug-likeness (QED) is 0.832. The van der Waals surface area contributed by atoms with Crippen LogP contribution >= 0.6 is 0 Å². The zero-order chi connectivity index (χ0) is 18.2. The van der Waals surface area contributed by atoms with Crippen molar-refractivity contribution in [2.24, 2.45) is 0 Å². The lowest BCUT2D eigenvalue weighted by atomic mass is 10.0. The smallest absolute Gasteiger partial charge is 0.321 e. The number of likely N-dealkylation sites (tertiary alicyclic amines) is 1. The van der Waals surface area contributed by atoms with Crippen molar-refractivity contribution in [3.8, 4) is 5.75 Å². The zero-order valence-corrected chi connectivity index (χ0v) is 15.2. The van der Waals surface area contributed by atoms with Crippen LogP contribution in [0.3, 0.4) is 0 Å². The molecule has 2 aromatic rings. The minimum Gasteiger partial charge on any atom is -0.492 e. The molecule has 2 N–H and O–H groups in total. The van der Waals surface area contributed by atoms with Crippen LogP contribution in [0.1, 0.15) is 19.8 Å². The lowest BCUT2D eigenvalue weighted by molar-refractivity contribution is 0.180. The van der Waals surface area contributed by atoms with Gasteiger partial charge < -0.3 is 20.3 Å². The van der Waals surface area contributed by atoms with Gasteiger partial charge >= 0.3 is 6.03 Å². The van der Waals surface area contributed by atoms with Gasteiger partial charge in [-0.2, -0.15) is 0 Å². The molecule has 1 heterocycles. The maximum atomic E-state index is 12.3. The summed E-state index contributed by atoms with van der Waals surface area (Å²) in [5.41, 5.74) is 0.837. The molecule has 1 aliphatic rings. The summed E-state index contributed by atoms with van der Waals surface area (Å²) in [5, 5.41) is 6.57. The number of hydrogen-bond acceptors (Lipinski definition) is 3. The third-order valence-corrected chi connectivity index (χ3v) is 4.57. The third-order valence-electron chi connectivity index (χ3n) is 4.57. The van der Waals surface area contributed by atoms with Gasteiger partial charge in [-0.05, 0) is 44.0 Å². The lowest BCUT2D eigenvalue weighted by Crippen LogP contribution is -2.49. The van der Waals surface area contributed by atoms with E-state index in [0.717, 1.165) is 37.4 Å². The van der Waals surface area contributed by atoms with Crippen LogP contribution in [-0.4, -0.2) is 42.7 Å². The van der Waals surface area contributed by atoms with Gasteiger partial charge in [-0.15, -0.1) is 0 Å². The molecule has 138 valence electrons. The minimum atomic E-state index is -0.0184. The Labute approximate surface area is 155 Å². The Kier molecular flexibility index (Phi) is 6.50. The predicted octanol–water partition coefficient (Wildman–Crippen LogP) is 3.74. The number of anilines is 1. The molecule has 1 saturated heterocycles. The molecule has 1 fully saturated rings. The van der Waals surface area contributed by atoms with Crippen molar-refractivity contribution in [2.75, 3.05) is 25.0 Å². The topological polar surface area (TPSA) is 53.6 Å². The number of ether oxygens (including phenoxy) is 1. The average molecular weight is 353 g/mol. The standard InChI is InChI=1S/C21H27N3O2/c1-17(16-26-20-10-6-3-7-11-20)22-19-12-14-24(15-13-19)21(25)23-18-8-4-2-5-9-18/h2-11,17,19,22H,12-16H2,1H3,(H,23,25). The Morgan fingerprint density at radius 3 is 2.35 bits per heavy atom. The molecule has 0 aliphatic carbocycles. The lowest BCUT2D eigenvalue weighted by Gasteiger charge is -2.34. The summed E-state index contributed by atoms with van der Waals surface area (Å²) >= 11 is 0. The molecule has 0 aromatic heterocycles. The Balaban J connectivity index is 1.37. The van der Waals surface area contributed by atoms with Crippen LogP contribution in [0, 0.1) is 0 Å². The van der Waals surface area contributed by atoms with E-state index in [2.05, 4.69) is 17.6 Å². The van der Waals surface area contributed by atoms with E-state index < -0.39 is 0 Å². The van der Waals surface area contributed by atoms with E-state index in [1.165, 1.54) is 0 Å². The van der Waals surface area contributed by atoms with E-state index in [-0.39, 0.29) is 12.1 Å². The van der Waals surface area contributed by atoms with Gasteiger partial charge in [0.1, 0.15) is 12.4 Å². The highest BCUT2D eigenvalue weighted by molar-refractivity contribution is 5.89. The van der Waals surface area contributed by atoms with Crippen molar-refractivity contribution in [1.29, 1.82) is 0 Å². The molecule has 3 rings (SSSR count). The second-order valence-corrected chi connectivity index (χ2v) is 6.75. The van der Waals surface area contributed by atoms with Crippen molar-refractivity contribution in [3.63, 3.8) is 0 Å². The first-order valence-corrected chi connectivity index (χ1v) is 9.25. The molecular formula is C21H27N3O2. The Bertz CT molecular complexity index is 670. The summed E-state index contributed by atoms with van der Waals surface area (Å²) in [4.78, 5) is 14.2. The Hall–Kier alpha value is -2.53. The normalized spacial score (nSPS) is 16.1. The van der Waals surface area contributed by atoms with Crippen molar-refractivity contribution >= 4 is 11.7 Å². The summed E-state index contributed by atoms with van der Waals surface area (Å²) in [6.07, 6.45) is 1.91. The molecule has 1 atom stereocenters. The van der Waals surface area contributed by atoms with Gasteiger partial charge in [-0.25, -0.2) is 4.79 Å². The highest BCUT2D eigenvalue weighted by Crippen LogP contribution is 2.14. The van der Waals surface area contributed by atoms with Crippen LogP contribution in [-0.2, 0) is 0 Å². The van der Waals surface area contributed by atoms with Crippen LogP contribution in [0.5, 0.6) is 5.75 Å². The number of para-hydroxylation sites is 2. The van der Waals surface area contributed by atoms with Gasteiger partial charge in [0.25, 0.3) is 0 Å². The highest BCUT2D eigenvalue weighted by Gasteiger charge is 2.23. The fourth-order valence-corrected chi connectivity index (χ4v) is 3.16. The number of rotatable bonds is 6. The van der Waals surface area contributed by atoms with Crippen LogP contribution < -0.4 is 15.4 Å². The highest BCUT2D eigenvalue weighted by atomic mass is 16.5. The summed E-state index contributed by atoms with van der Waals surface area (Å²) < 4.78 is 5.80. The summed E-state index contributed by atoms with van der Waals surface area (Å²) in [7, 11) is 0. The molecule has 0 spiro atoms. The first kappa shape index (κ1) is 18.3. The molecule has 26 heavy (non-hydrogen) atoms. The van der Waals surface area contributed by atoms with E-state index in [1.807, 2.05) is 65.6 Å². The molecule has 0 bridgehead atoms. The van der Waals surface area contributed by atoms with Crippen LogP contribution in [0.2, 0.25) is 0 Å². The summed E-state index contributed by atoms with van der Waals surface area (Å²) in [5.74, 6) is 0.897. The van der Waals surface area contributed by atoms with Gasteiger partial charge in [0.2, 0.25) is 0 Å². The van der Waals surface area contributed by atoms with E-state index >= 15 is 0 Å². The summed E-state index contributed by atoms with van der Waals surface area (Å²) in [6.45, 7) is 4.31. The number of carbonyl (C=O) groups is 1. The average Bonchev–Trinajstić information content (AvgIpc) is 2.68. The van der Waals surface area contributed by atoms with Crippen molar-refractivity contribution in [2.45, 2.75) is 31.8 Å². The van der Waals surface area contributed by atoms with Gasteiger partial charge in [0.05, 0.1) is 0 Å². The zero-order valence-electron chi connectivity index (χ0n) is 15.2. The molecule has 2 aromatic carbocycles. The first-order chi connectivity index (χ1) is 12.7. The third kappa shape index (κ3) is 5.49. The van der Waals surface area contributed by atoms with Gasteiger partial charge in [-0.1, -0.05) is 36.4 Å². The molecular weight excluding hydrogens is 326 g/mol. The number of urea groups is 1. The number of nitrogens with one attached hydrogen (secondary N) is 2. The molecule has 1 aliphatic heterocycles. The number of amides is 2. The van der Waals surface area contributed by atoms with Crippen molar-refractivity contribution in [3.05, 3.63) is 60.7 Å². The maximum absolute atomic E-state index is 12.3. The van der Waals surface area contributed by atoms with Gasteiger partial charge in [-0.3, -0.25) is 0 Å². The monoisotopic (exact) mass is 353 g/mol. The van der Waals surface area contributed by atoms with Crippen molar-refractivity contribution in [1.82, 2.24) is 10.2 Å². The fraction of sp³-hybridized carbons (Fsp3) is 0.381. The molecule has 0 radical (unpaired) electrons. The largest absolute Gasteiger partial charge is 0.492 e. The predicted molar refractivity (Wildman–Crippen MR) is 105 cm³/mol. The number of nitrogens with zero attached hydrogens (tertiary/aromatic N) is 1. The Morgan fingerprint density at radius 2 is 1.69 bits per heavy atom. The van der Waals surface area contributed by atoms with E-state index in [0.29, 0.717) is 12.6 Å². The SMILES string of the molecule is CC(COc1ccccc1)NC1CCN(C(=O)Nc2ccccc2)CC1. The number of hydrogen-bond donors (Lipinski definition) is 2. The number of benzene rings is 2. The minimum absolute atomic E-state index is 0.0184. The van der Waals surface area contributed by atoms with E-state index in [9.17, 15) is 4.79 Å². The van der Waals surface area contributed by atoms with Crippen LogP contribution in [0.15, 0.2) is 60.7 Å². The first-order valence-electron chi connectivity index (χ1n) is 9.25. The molecule has 5 heteroatoms. The number of piperidine rings is 1. The van der Waals surface area contributed by atoms with Gasteiger partial charge in [0, 0.05) is 30.9 Å². The molecule has 1 unspecified atom stereocenters. The van der Waals surface area contributed by atoms with Crippen LogP contribution in [0.25, 0.3) is 0 Å². The Morgan fingerprint density at radius 1 is 1.08 bits per heavy atom. The summed E-state index contributed by atoms with van der Waals surface area (Å²) in [6, 6.07) is 20.1. The van der Waals surface area contributed by atoms with E-state index in [4.69, 9.17) is 4.74 Å². The number of carbonyl (C=O) groups excluding carboxylic acids is 1. The van der Waals surface area contributed by atoms with Crippen molar-refractivity contribution < 1.29 is 9.53 Å². The van der Waals surface area contributed by atoms with Gasteiger partial charge in [0.15, 0.2) is 0 Å². The second kappa shape index (κ2) is 9.25.